The lowest BCUT2D eigenvalue weighted by atomic mass is 10.2. The summed E-state index contributed by atoms with van der Waals surface area (Å²) in [4.78, 5) is 12.0. The van der Waals surface area contributed by atoms with Crippen LogP contribution in [0.2, 0.25) is 0 Å². The average molecular weight is 285 g/mol. The van der Waals surface area contributed by atoms with Gasteiger partial charge in [0, 0.05) is 17.3 Å². The summed E-state index contributed by atoms with van der Waals surface area (Å²) >= 11 is 0. The topological polar surface area (TPSA) is 106 Å². The van der Waals surface area contributed by atoms with E-state index in [4.69, 9.17) is 9.15 Å². The van der Waals surface area contributed by atoms with Gasteiger partial charge >= 0.3 is 0 Å². The Morgan fingerprint density at radius 2 is 2.24 bits per heavy atom. The molecule has 0 radical (unpaired) electrons. The van der Waals surface area contributed by atoms with Crippen molar-refractivity contribution in [1.82, 2.24) is 20.6 Å². The first-order chi connectivity index (χ1) is 10.3. The lowest BCUT2D eigenvalue weighted by molar-refractivity contribution is 0.0990. The zero-order valence-corrected chi connectivity index (χ0v) is 11.0. The van der Waals surface area contributed by atoms with E-state index in [9.17, 15) is 4.79 Å². The molecular formula is C13H11N5O3. The normalized spacial score (nSPS) is 10.3. The van der Waals surface area contributed by atoms with Gasteiger partial charge < -0.3 is 14.5 Å². The molecule has 2 heterocycles. The van der Waals surface area contributed by atoms with Crippen molar-refractivity contribution in [2.75, 3.05) is 12.4 Å². The van der Waals surface area contributed by atoms with Crippen LogP contribution in [0, 0.1) is 0 Å². The number of aromatic amines is 1. The van der Waals surface area contributed by atoms with Crippen molar-refractivity contribution in [2.45, 2.75) is 0 Å². The van der Waals surface area contributed by atoms with Crippen molar-refractivity contribution in [3.05, 3.63) is 42.2 Å². The van der Waals surface area contributed by atoms with Crippen LogP contribution in [0.3, 0.4) is 0 Å². The number of ether oxygens (including phenoxy) is 1. The molecule has 0 fully saturated rings. The number of H-pyrrole nitrogens is 1. The lowest BCUT2D eigenvalue weighted by Crippen LogP contribution is -2.10. The average Bonchev–Trinajstić information content (AvgIpc) is 3.19. The van der Waals surface area contributed by atoms with Crippen molar-refractivity contribution in [1.29, 1.82) is 0 Å². The smallest absolute Gasteiger partial charge is 0.291 e. The summed E-state index contributed by atoms with van der Waals surface area (Å²) in [5, 5.41) is 16.4. The highest BCUT2D eigenvalue weighted by atomic mass is 16.6. The summed E-state index contributed by atoms with van der Waals surface area (Å²) in [5.74, 6) is 0.520. The predicted molar refractivity (Wildman–Crippen MR) is 72.8 cm³/mol. The molecule has 0 bridgehead atoms. The maximum absolute atomic E-state index is 12.0. The number of nitrogens with one attached hydrogen (secondary N) is 2. The molecule has 0 aliphatic rings. The zero-order valence-electron chi connectivity index (χ0n) is 11.0. The number of rotatable bonds is 4. The number of hydrogen-bond acceptors (Lipinski definition) is 6. The number of nitrogens with zero attached hydrogens (tertiary/aromatic N) is 3. The van der Waals surface area contributed by atoms with E-state index in [2.05, 4.69) is 25.9 Å². The number of furan rings is 1. The minimum Gasteiger partial charge on any atom is -0.468 e. The molecule has 2 N–H and O–H groups in total. The van der Waals surface area contributed by atoms with E-state index in [0.29, 0.717) is 11.5 Å². The molecule has 0 aliphatic carbocycles. The third-order valence-corrected chi connectivity index (χ3v) is 2.73. The largest absolute Gasteiger partial charge is 0.468 e. The Hall–Kier alpha value is -3.16. The first-order valence-electron chi connectivity index (χ1n) is 6.05. The number of aromatic nitrogens is 4. The molecule has 1 aromatic carbocycles. The van der Waals surface area contributed by atoms with Crippen LogP contribution in [0.5, 0.6) is 5.95 Å². The molecule has 3 aromatic rings. The first kappa shape index (κ1) is 12.9. The van der Waals surface area contributed by atoms with Gasteiger partial charge in [-0.3, -0.25) is 4.79 Å². The summed E-state index contributed by atoms with van der Waals surface area (Å²) < 4.78 is 10.1. The maximum atomic E-state index is 12.0. The number of tetrazole rings is 1. The third-order valence-electron chi connectivity index (χ3n) is 2.73. The highest BCUT2D eigenvalue weighted by Crippen LogP contribution is 2.20. The van der Waals surface area contributed by atoms with E-state index >= 15 is 0 Å². The van der Waals surface area contributed by atoms with E-state index in [1.165, 1.54) is 13.2 Å². The van der Waals surface area contributed by atoms with E-state index in [1.807, 2.05) is 6.07 Å². The van der Waals surface area contributed by atoms with Crippen LogP contribution in [0.25, 0.3) is 11.4 Å². The standard InChI is InChI=1S/C13H11N5O3/c1-20-11-6-5-10(21-11)13(19)14-9-4-2-3-8(7-9)12-15-17-18-16-12/h2-7H,1H3,(H,14,19)(H,15,16,17,18). The number of hydrogen-bond donors (Lipinski definition) is 2. The molecule has 0 saturated carbocycles. The molecule has 0 atom stereocenters. The van der Waals surface area contributed by atoms with Crippen LogP contribution >= 0.6 is 0 Å². The van der Waals surface area contributed by atoms with Crippen molar-refractivity contribution in [3.63, 3.8) is 0 Å². The van der Waals surface area contributed by atoms with Crippen LogP contribution in [-0.4, -0.2) is 33.6 Å². The minimum atomic E-state index is -0.372. The van der Waals surface area contributed by atoms with Crippen molar-refractivity contribution in [2.24, 2.45) is 0 Å². The van der Waals surface area contributed by atoms with Crippen LogP contribution in [0.1, 0.15) is 10.6 Å². The molecule has 3 rings (SSSR count). The van der Waals surface area contributed by atoms with Crippen LogP contribution in [-0.2, 0) is 0 Å². The van der Waals surface area contributed by atoms with Crippen LogP contribution in [0.15, 0.2) is 40.8 Å². The molecule has 0 saturated heterocycles. The molecule has 8 nitrogen and oxygen atoms in total. The summed E-state index contributed by atoms with van der Waals surface area (Å²) in [6, 6.07) is 10.2. The zero-order chi connectivity index (χ0) is 14.7. The number of methoxy groups -OCH3 is 1. The van der Waals surface area contributed by atoms with E-state index in [0.717, 1.165) is 5.56 Å². The summed E-state index contributed by atoms with van der Waals surface area (Å²) in [6.07, 6.45) is 0. The van der Waals surface area contributed by atoms with Crippen molar-refractivity contribution < 1.29 is 13.9 Å². The van der Waals surface area contributed by atoms with Crippen LogP contribution < -0.4 is 10.1 Å². The summed E-state index contributed by atoms with van der Waals surface area (Å²) in [5.41, 5.74) is 1.33. The maximum Gasteiger partial charge on any atom is 0.291 e. The van der Waals surface area contributed by atoms with Gasteiger partial charge in [-0.25, -0.2) is 0 Å². The van der Waals surface area contributed by atoms with E-state index in [1.54, 1.807) is 24.3 Å². The fourth-order valence-corrected chi connectivity index (χ4v) is 1.76. The highest BCUT2D eigenvalue weighted by molar-refractivity contribution is 6.02. The Kier molecular flexibility index (Phi) is 3.34. The van der Waals surface area contributed by atoms with E-state index in [-0.39, 0.29) is 17.6 Å². The molecule has 0 aliphatic heterocycles. The molecule has 0 spiro atoms. The molecule has 21 heavy (non-hydrogen) atoms. The van der Waals surface area contributed by atoms with Crippen LogP contribution in [0.4, 0.5) is 5.69 Å². The Labute approximate surface area is 119 Å². The molecule has 8 heteroatoms. The predicted octanol–water partition coefficient (Wildman–Crippen LogP) is 1.72. The quantitative estimate of drug-likeness (QED) is 0.756. The Morgan fingerprint density at radius 3 is 2.95 bits per heavy atom. The Bertz CT molecular complexity index is 751. The van der Waals surface area contributed by atoms with Crippen molar-refractivity contribution >= 4 is 11.6 Å². The second kappa shape index (κ2) is 5.45. The number of anilines is 1. The first-order valence-corrected chi connectivity index (χ1v) is 6.05. The molecule has 2 aromatic heterocycles. The van der Waals surface area contributed by atoms with Gasteiger partial charge in [0.15, 0.2) is 5.76 Å². The van der Waals surface area contributed by atoms with Gasteiger partial charge in [0.25, 0.3) is 11.9 Å². The Balaban J connectivity index is 1.78. The van der Waals surface area contributed by atoms with Gasteiger partial charge in [0.2, 0.25) is 5.82 Å². The summed E-state index contributed by atoms with van der Waals surface area (Å²) in [7, 11) is 1.47. The number of benzene rings is 1. The van der Waals surface area contributed by atoms with Gasteiger partial charge in [-0.05, 0) is 23.4 Å². The van der Waals surface area contributed by atoms with E-state index < -0.39 is 0 Å². The van der Waals surface area contributed by atoms with Crippen molar-refractivity contribution in [3.8, 4) is 17.3 Å². The van der Waals surface area contributed by atoms with Gasteiger partial charge in [-0.2, -0.15) is 5.21 Å². The Morgan fingerprint density at radius 1 is 1.33 bits per heavy atom. The van der Waals surface area contributed by atoms with Gasteiger partial charge in [-0.15, -0.1) is 10.2 Å². The number of amides is 1. The second-order valence-corrected chi connectivity index (χ2v) is 4.09. The fraction of sp³-hybridized carbons (Fsp3) is 0.0769. The number of carbonyl (C=O) groups is 1. The fourth-order valence-electron chi connectivity index (χ4n) is 1.76. The number of carbonyl (C=O) groups excluding carboxylic acids is 1. The molecule has 0 unspecified atom stereocenters. The summed E-state index contributed by atoms with van der Waals surface area (Å²) in [6.45, 7) is 0. The SMILES string of the molecule is COc1ccc(C(=O)Nc2cccc(-c3nn[nH]n3)c2)o1. The monoisotopic (exact) mass is 285 g/mol. The van der Waals surface area contributed by atoms with Gasteiger partial charge in [-0.1, -0.05) is 12.1 Å². The molecule has 1 amide bonds. The molecule has 106 valence electrons. The minimum absolute atomic E-state index is 0.164. The molecular weight excluding hydrogens is 274 g/mol. The third kappa shape index (κ3) is 2.73. The van der Waals surface area contributed by atoms with Gasteiger partial charge in [0.1, 0.15) is 0 Å². The lowest BCUT2D eigenvalue weighted by Gasteiger charge is -2.04. The highest BCUT2D eigenvalue weighted by Gasteiger charge is 2.12. The second-order valence-electron chi connectivity index (χ2n) is 4.09. The van der Waals surface area contributed by atoms with Gasteiger partial charge in [0.05, 0.1) is 7.11 Å².